The third-order valence-corrected chi connectivity index (χ3v) is 6.64. The van der Waals surface area contributed by atoms with E-state index in [1.165, 1.54) is 4.31 Å². The van der Waals surface area contributed by atoms with Crippen LogP contribution in [0, 0.1) is 11.3 Å². The molecular formula is C18H26N2O5S. The standard InChI is InChI=1S/C18H26N2O5S/c1-18(2,17(22)23)10-11-19-16(21)14-7-6-12-20(13-14)26(24,25)15-8-4-3-5-9-15/h3-5,8-9,14H,6-7,10-13H2,1-2H3,(H,19,21)(H,22,23). The molecule has 7 nitrogen and oxygen atoms in total. The summed E-state index contributed by atoms with van der Waals surface area (Å²) in [6.07, 6.45) is 1.55. The van der Waals surface area contributed by atoms with E-state index in [2.05, 4.69) is 5.32 Å². The first-order valence-corrected chi connectivity index (χ1v) is 10.1. The number of carbonyl (C=O) groups excluding carboxylic acids is 1. The average molecular weight is 382 g/mol. The van der Waals surface area contributed by atoms with Gasteiger partial charge in [0.25, 0.3) is 0 Å². The molecule has 0 radical (unpaired) electrons. The molecule has 8 heteroatoms. The summed E-state index contributed by atoms with van der Waals surface area (Å²) in [4.78, 5) is 23.7. The second-order valence-corrected chi connectivity index (χ2v) is 9.18. The normalized spacial score (nSPS) is 19.1. The second-order valence-electron chi connectivity index (χ2n) is 7.25. The van der Waals surface area contributed by atoms with Gasteiger partial charge in [0.1, 0.15) is 0 Å². The molecule has 2 N–H and O–H groups in total. The molecule has 1 aromatic carbocycles. The van der Waals surface area contributed by atoms with Crippen LogP contribution >= 0.6 is 0 Å². The number of hydrogen-bond acceptors (Lipinski definition) is 4. The third kappa shape index (κ3) is 4.82. The zero-order valence-corrected chi connectivity index (χ0v) is 16.0. The van der Waals surface area contributed by atoms with E-state index in [0.29, 0.717) is 25.8 Å². The Balaban J connectivity index is 1.95. The Hall–Kier alpha value is -1.93. The number of hydrogen-bond donors (Lipinski definition) is 2. The van der Waals surface area contributed by atoms with Gasteiger partial charge in [0.05, 0.1) is 16.2 Å². The minimum absolute atomic E-state index is 0.144. The molecular weight excluding hydrogens is 356 g/mol. The summed E-state index contributed by atoms with van der Waals surface area (Å²) in [5.74, 6) is -1.56. The van der Waals surface area contributed by atoms with E-state index in [-0.39, 0.29) is 23.9 Å². The van der Waals surface area contributed by atoms with Crippen LogP contribution < -0.4 is 5.32 Å². The largest absolute Gasteiger partial charge is 0.481 e. The summed E-state index contributed by atoms with van der Waals surface area (Å²) in [6, 6.07) is 8.19. The lowest BCUT2D eigenvalue weighted by Crippen LogP contribution is -2.46. The summed E-state index contributed by atoms with van der Waals surface area (Å²) < 4.78 is 26.8. The molecule has 144 valence electrons. The molecule has 0 spiro atoms. The summed E-state index contributed by atoms with van der Waals surface area (Å²) in [5, 5.41) is 11.9. The van der Waals surface area contributed by atoms with Crippen LogP contribution in [0.2, 0.25) is 0 Å². The van der Waals surface area contributed by atoms with Crippen molar-refractivity contribution in [3.8, 4) is 0 Å². The van der Waals surface area contributed by atoms with Crippen molar-refractivity contribution >= 4 is 21.9 Å². The summed E-state index contributed by atoms with van der Waals surface area (Å²) in [5.41, 5.74) is -0.914. The fraction of sp³-hybridized carbons (Fsp3) is 0.556. The number of piperidine rings is 1. The van der Waals surface area contributed by atoms with Crippen molar-refractivity contribution in [2.24, 2.45) is 11.3 Å². The van der Waals surface area contributed by atoms with Gasteiger partial charge in [0, 0.05) is 19.6 Å². The third-order valence-electron chi connectivity index (χ3n) is 4.76. The molecule has 0 saturated carbocycles. The van der Waals surface area contributed by atoms with Crippen molar-refractivity contribution in [2.75, 3.05) is 19.6 Å². The Bertz CT molecular complexity index is 746. The van der Waals surface area contributed by atoms with E-state index in [0.717, 1.165) is 0 Å². The highest BCUT2D eigenvalue weighted by Crippen LogP contribution is 2.24. The van der Waals surface area contributed by atoms with Gasteiger partial charge in [-0.2, -0.15) is 4.31 Å². The van der Waals surface area contributed by atoms with Crippen LogP contribution in [0.15, 0.2) is 35.2 Å². The topological polar surface area (TPSA) is 104 Å². The Morgan fingerprint density at radius 2 is 1.92 bits per heavy atom. The van der Waals surface area contributed by atoms with Crippen molar-refractivity contribution in [3.63, 3.8) is 0 Å². The van der Waals surface area contributed by atoms with Crippen LogP contribution in [-0.4, -0.2) is 49.3 Å². The van der Waals surface area contributed by atoms with Crippen LogP contribution in [0.3, 0.4) is 0 Å². The predicted molar refractivity (Wildman–Crippen MR) is 97.0 cm³/mol. The quantitative estimate of drug-likeness (QED) is 0.747. The maximum atomic E-state index is 12.7. The molecule has 1 saturated heterocycles. The molecule has 1 amide bonds. The van der Waals surface area contributed by atoms with Gasteiger partial charge in [-0.25, -0.2) is 8.42 Å². The first-order valence-electron chi connectivity index (χ1n) is 8.71. The number of rotatable bonds is 7. The van der Waals surface area contributed by atoms with E-state index in [1.807, 2.05) is 0 Å². The number of sulfonamides is 1. The average Bonchev–Trinajstić information content (AvgIpc) is 2.62. The lowest BCUT2D eigenvalue weighted by molar-refractivity contribution is -0.147. The van der Waals surface area contributed by atoms with E-state index >= 15 is 0 Å². The minimum Gasteiger partial charge on any atom is -0.481 e. The highest BCUT2D eigenvalue weighted by Gasteiger charge is 2.33. The Morgan fingerprint density at radius 3 is 2.54 bits per heavy atom. The van der Waals surface area contributed by atoms with Crippen LogP contribution in [0.25, 0.3) is 0 Å². The molecule has 1 aliphatic heterocycles. The molecule has 0 aliphatic carbocycles. The zero-order chi connectivity index (χ0) is 19.4. The van der Waals surface area contributed by atoms with Gasteiger partial charge < -0.3 is 10.4 Å². The van der Waals surface area contributed by atoms with Crippen LogP contribution in [0.1, 0.15) is 33.1 Å². The van der Waals surface area contributed by atoms with E-state index in [9.17, 15) is 18.0 Å². The zero-order valence-electron chi connectivity index (χ0n) is 15.1. The lowest BCUT2D eigenvalue weighted by Gasteiger charge is -2.31. The van der Waals surface area contributed by atoms with Crippen molar-refractivity contribution in [1.82, 2.24) is 9.62 Å². The molecule has 0 bridgehead atoms. The predicted octanol–water partition coefficient (Wildman–Crippen LogP) is 1.70. The minimum atomic E-state index is -3.61. The van der Waals surface area contributed by atoms with Gasteiger partial charge in [0.2, 0.25) is 15.9 Å². The number of aliphatic carboxylic acids is 1. The van der Waals surface area contributed by atoms with Crippen LogP contribution in [0.5, 0.6) is 0 Å². The Labute approximate surface area is 154 Å². The van der Waals surface area contributed by atoms with Gasteiger partial charge in [-0.1, -0.05) is 18.2 Å². The van der Waals surface area contributed by atoms with Gasteiger partial charge in [-0.15, -0.1) is 0 Å². The SMILES string of the molecule is CC(C)(CCNC(=O)C1CCCN(S(=O)(=O)c2ccccc2)C1)C(=O)O. The molecule has 2 rings (SSSR count). The molecule has 1 aliphatic rings. The smallest absolute Gasteiger partial charge is 0.309 e. The van der Waals surface area contributed by atoms with Crippen LogP contribution in [0.4, 0.5) is 0 Å². The fourth-order valence-corrected chi connectivity index (χ4v) is 4.41. The number of carbonyl (C=O) groups is 2. The summed E-state index contributed by atoms with van der Waals surface area (Å²) in [6.45, 7) is 4.01. The number of carboxylic acids is 1. The molecule has 1 heterocycles. The lowest BCUT2D eigenvalue weighted by atomic mass is 9.89. The molecule has 0 aromatic heterocycles. The maximum Gasteiger partial charge on any atom is 0.309 e. The highest BCUT2D eigenvalue weighted by molar-refractivity contribution is 7.89. The van der Waals surface area contributed by atoms with Gasteiger partial charge >= 0.3 is 5.97 Å². The second kappa shape index (κ2) is 8.18. The summed E-state index contributed by atoms with van der Waals surface area (Å²) in [7, 11) is -3.61. The highest BCUT2D eigenvalue weighted by atomic mass is 32.2. The van der Waals surface area contributed by atoms with Crippen molar-refractivity contribution in [3.05, 3.63) is 30.3 Å². The van der Waals surface area contributed by atoms with E-state index in [1.54, 1.807) is 44.2 Å². The van der Waals surface area contributed by atoms with Crippen molar-refractivity contribution in [1.29, 1.82) is 0 Å². The number of benzene rings is 1. The monoisotopic (exact) mass is 382 g/mol. The van der Waals surface area contributed by atoms with E-state index in [4.69, 9.17) is 5.11 Å². The van der Waals surface area contributed by atoms with E-state index < -0.39 is 27.3 Å². The van der Waals surface area contributed by atoms with Crippen LogP contribution in [-0.2, 0) is 19.6 Å². The first-order chi connectivity index (χ1) is 12.1. The first kappa shape index (κ1) is 20.4. The molecule has 1 aromatic rings. The number of nitrogens with zero attached hydrogens (tertiary/aromatic N) is 1. The summed E-state index contributed by atoms with van der Waals surface area (Å²) >= 11 is 0. The molecule has 26 heavy (non-hydrogen) atoms. The van der Waals surface area contributed by atoms with Gasteiger partial charge in [-0.05, 0) is 45.2 Å². The maximum absolute atomic E-state index is 12.7. The molecule has 1 unspecified atom stereocenters. The number of amides is 1. The molecule has 1 fully saturated rings. The Morgan fingerprint density at radius 1 is 1.27 bits per heavy atom. The van der Waals surface area contributed by atoms with Gasteiger partial charge in [0.15, 0.2) is 0 Å². The fourth-order valence-electron chi connectivity index (χ4n) is 2.87. The van der Waals surface area contributed by atoms with Crippen molar-refractivity contribution in [2.45, 2.75) is 38.0 Å². The molecule has 1 atom stereocenters. The van der Waals surface area contributed by atoms with Crippen molar-refractivity contribution < 1.29 is 23.1 Å². The number of carboxylic acid groups (broad SMARTS) is 1. The van der Waals surface area contributed by atoms with Gasteiger partial charge in [-0.3, -0.25) is 9.59 Å². The number of nitrogens with one attached hydrogen (secondary N) is 1. The Kier molecular flexibility index (Phi) is 6.41.